The van der Waals surface area contributed by atoms with Crippen LogP contribution in [0.3, 0.4) is 0 Å². The van der Waals surface area contributed by atoms with Crippen LogP contribution in [0.2, 0.25) is 0 Å². The second-order valence-electron chi connectivity index (χ2n) is 5.00. The van der Waals surface area contributed by atoms with Crippen LogP contribution >= 0.6 is 0 Å². The highest BCUT2D eigenvalue weighted by Crippen LogP contribution is 2.25. The normalized spacial score (nSPS) is 10.5. The van der Waals surface area contributed by atoms with Gasteiger partial charge in [-0.2, -0.15) is 4.98 Å². The molecule has 3 rings (SSSR count). The number of aromatic nitrogens is 2. The minimum atomic E-state index is -1.03. The third kappa shape index (κ3) is 3.55. The molecule has 3 aromatic rings. The van der Waals surface area contributed by atoms with E-state index < -0.39 is 12.6 Å². The molecule has 0 aliphatic rings. The third-order valence-electron chi connectivity index (χ3n) is 3.15. The van der Waals surface area contributed by atoms with Gasteiger partial charge in [0.1, 0.15) is 5.75 Å². The molecule has 0 atom stereocenters. The molecule has 0 spiro atoms. The molecule has 0 unspecified atom stereocenters. The summed E-state index contributed by atoms with van der Waals surface area (Å²) in [5, 5.41) is 12.6. The van der Waals surface area contributed by atoms with E-state index in [4.69, 9.17) is 14.4 Å². The van der Waals surface area contributed by atoms with Gasteiger partial charge in [-0.05, 0) is 31.2 Å². The van der Waals surface area contributed by atoms with E-state index in [1.54, 1.807) is 24.3 Å². The number of carbonyl (C=O) groups is 1. The highest BCUT2D eigenvalue weighted by atomic mass is 16.5. The standard InChI is InChI=1S/C17H14N2O4/c1-11-4-2-5-12(8-11)16-18-17(23-19-16)13-6-3-7-14(9-13)22-10-15(20)21/h2-9H,10H2,1H3,(H,20,21). The summed E-state index contributed by atoms with van der Waals surface area (Å²) in [6, 6.07) is 14.7. The van der Waals surface area contributed by atoms with Crippen LogP contribution in [0.25, 0.3) is 22.8 Å². The van der Waals surface area contributed by atoms with Crippen LogP contribution in [0.4, 0.5) is 0 Å². The topological polar surface area (TPSA) is 85.5 Å². The molecule has 0 bridgehead atoms. The Morgan fingerprint density at radius 2 is 1.96 bits per heavy atom. The molecule has 0 aliphatic carbocycles. The van der Waals surface area contributed by atoms with Gasteiger partial charge in [-0.25, -0.2) is 4.79 Å². The van der Waals surface area contributed by atoms with Gasteiger partial charge in [0, 0.05) is 11.1 Å². The minimum Gasteiger partial charge on any atom is -0.482 e. The summed E-state index contributed by atoms with van der Waals surface area (Å²) in [5.41, 5.74) is 2.65. The van der Waals surface area contributed by atoms with Gasteiger partial charge >= 0.3 is 5.97 Å². The first-order valence-electron chi connectivity index (χ1n) is 6.97. The van der Waals surface area contributed by atoms with E-state index in [0.29, 0.717) is 23.0 Å². The summed E-state index contributed by atoms with van der Waals surface area (Å²) in [5.74, 6) is 0.248. The van der Waals surface area contributed by atoms with E-state index in [9.17, 15) is 4.79 Å². The zero-order chi connectivity index (χ0) is 16.2. The Balaban J connectivity index is 1.85. The van der Waals surface area contributed by atoms with Crippen molar-refractivity contribution in [2.45, 2.75) is 6.92 Å². The van der Waals surface area contributed by atoms with Crippen LogP contribution in [0.1, 0.15) is 5.56 Å². The second-order valence-corrected chi connectivity index (χ2v) is 5.00. The Morgan fingerprint density at radius 1 is 1.17 bits per heavy atom. The van der Waals surface area contributed by atoms with Crippen molar-refractivity contribution in [2.24, 2.45) is 0 Å². The minimum absolute atomic E-state index is 0.349. The number of nitrogens with zero attached hydrogens (tertiary/aromatic N) is 2. The van der Waals surface area contributed by atoms with Gasteiger partial charge in [-0.3, -0.25) is 0 Å². The fourth-order valence-electron chi connectivity index (χ4n) is 2.11. The summed E-state index contributed by atoms with van der Waals surface area (Å²) >= 11 is 0. The molecular weight excluding hydrogens is 296 g/mol. The second kappa shape index (κ2) is 6.31. The summed E-state index contributed by atoms with van der Waals surface area (Å²) in [7, 11) is 0. The van der Waals surface area contributed by atoms with Crippen molar-refractivity contribution in [1.29, 1.82) is 0 Å². The van der Waals surface area contributed by atoms with Gasteiger partial charge in [0.05, 0.1) is 0 Å². The van der Waals surface area contributed by atoms with Crippen molar-refractivity contribution in [3.05, 3.63) is 54.1 Å². The molecular formula is C17H14N2O4. The SMILES string of the molecule is Cc1cccc(-c2noc(-c3cccc(OCC(=O)O)c3)n2)c1. The van der Waals surface area contributed by atoms with Gasteiger partial charge in [0.25, 0.3) is 5.89 Å². The maximum atomic E-state index is 10.5. The number of ether oxygens (including phenoxy) is 1. The van der Waals surface area contributed by atoms with Crippen molar-refractivity contribution in [1.82, 2.24) is 10.1 Å². The molecule has 6 heteroatoms. The molecule has 0 aliphatic heterocycles. The molecule has 1 heterocycles. The number of aliphatic carboxylic acids is 1. The largest absolute Gasteiger partial charge is 0.482 e. The van der Waals surface area contributed by atoms with Crippen LogP contribution in [0.15, 0.2) is 53.1 Å². The number of rotatable bonds is 5. The molecule has 6 nitrogen and oxygen atoms in total. The highest BCUT2D eigenvalue weighted by molar-refractivity contribution is 5.68. The Morgan fingerprint density at radius 3 is 2.74 bits per heavy atom. The van der Waals surface area contributed by atoms with Crippen molar-refractivity contribution in [2.75, 3.05) is 6.61 Å². The Kier molecular flexibility index (Phi) is 4.05. The number of carboxylic acids is 1. The molecule has 23 heavy (non-hydrogen) atoms. The van der Waals surface area contributed by atoms with Crippen molar-refractivity contribution < 1.29 is 19.2 Å². The average molecular weight is 310 g/mol. The monoisotopic (exact) mass is 310 g/mol. The molecule has 0 saturated heterocycles. The first-order valence-corrected chi connectivity index (χ1v) is 6.97. The maximum Gasteiger partial charge on any atom is 0.341 e. The van der Waals surface area contributed by atoms with Crippen molar-refractivity contribution in [3.8, 4) is 28.6 Å². The molecule has 1 aromatic heterocycles. The van der Waals surface area contributed by atoms with Crippen LogP contribution in [-0.4, -0.2) is 27.8 Å². The van der Waals surface area contributed by atoms with E-state index in [1.807, 2.05) is 31.2 Å². The molecule has 0 amide bonds. The summed E-state index contributed by atoms with van der Waals surface area (Å²) < 4.78 is 10.4. The first-order chi connectivity index (χ1) is 11.1. The van der Waals surface area contributed by atoms with Crippen LogP contribution < -0.4 is 4.74 Å². The number of hydrogen-bond donors (Lipinski definition) is 1. The Hall–Kier alpha value is -3.15. The van der Waals surface area contributed by atoms with Gasteiger partial charge in [0.15, 0.2) is 6.61 Å². The van der Waals surface area contributed by atoms with Gasteiger partial charge < -0.3 is 14.4 Å². The molecule has 1 N–H and O–H groups in total. The Labute approximate surface area is 132 Å². The molecule has 0 fully saturated rings. The van der Waals surface area contributed by atoms with Crippen LogP contribution in [-0.2, 0) is 4.79 Å². The fourth-order valence-corrected chi connectivity index (χ4v) is 2.11. The lowest BCUT2D eigenvalue weighted by Gasteiger charge is -2.03. The summed E-state index contributed by atoms with van der Waals surface area (Å²) in [4.78, 5) is 14.9. The summed E-state index contributed by atoms with van der Waals surface area (Å²) in [6.45, 7) is 1.59. The lowest BCUT2D eigenvalue weighted by atomic mass is 10.1. The van der Waals surface area contributed by atoms with E-state index in [1.165, 1.54) is 0 Å². The highest BCUT2D eigenvalue weighted by Gasteiger charge is 2.11. The average Bonchev–Trinajstić information content (AvgIpc) is 3.03. The van der Waals surface area contributed by atoms with E-state index in [2.05, 4.69) is 10.1 Å². The van der Waals surface area contributed by atoms with Crippen LogP contribution in [0, 0.1) is 6.92 Å². The number of hydrogen-bond acceptors (Lipinski definition) is 5. The first kappa shape index (κ1) is 14.8. The zero-order valence-electron chi connectivity index (χ0n) is 12.4. The molecule has 2 aromatic carbocycles. The van der Waals surface area contributed by atoms with Crippen LogP contribution in [0.5, 0.6) is 5.75 Å². The molecule has 116 valence electrons. The third-order valence-corrected chi connectivity index (χ3v) is 3.15. The lowest BCUT2D eigenvalue weighted by molar-refractivity contribution is -0.139. The van der Waals surface area contributed by atoms with Gasteiger partial charge in [-0.1, -0.05) is 35.0 Å². The maximum absolute atomic E-state index is 10.5. The zero-order valence-corrected chi connectivity index (χ0v) is 12.4. The van der Waals surface area contributed by atoms with E-state index in [-0.39, 0.29) is 0 Å². The van der Waals surface area contributed by atoms with E-state index >= 15 is 0 Å². The van der Waals surface area contributed by atoms with Gasteiger partial charge in [-0.15, -0.1) is 0 Å². The van der Waals surface area contributed by atoms with Gasteiger partial charge in [0.2, 0.25) is 5.82 Å². The number of benzene rings is 2. The summed E-state index contributed by atoms with van der Waals surface area (Å²) in [6.07, 6.45) is 0. The Bertz CT molecular complexity index is 842. The fraction of sp³-hybridized carbons (Fsp3) is 0.118. The molecule has 0 saturated carbocycles. The van der Waals surface area contributed by atoms with Crippen molar-refractivity contribution in [3.63, 3.8) is 0 Å². The van der Waals surface area contributed by atoms with Crippen molar-refractivity contribution >= 4 is 5.97 Å². The predicted octanol–water partition coefficient (Wildman–Crippen LogP) is 3.18. The predicted molar refractivity (Wildman–Crippen MR) is 83.0 cm³/mol. The number of carboxylic acid groups (broad SMARTS) is 1. The quantitative estimate of drug-likeness (QED) is 0.779. The lowest BCUT2D eigenvalue weighted by Crippen LogP contribution is -2.09. The van der Waals surface area contributed by atoms with E-state index in [0.717, 1.165) is 11.1 Å². The molecule has 0 radical (unpaired) electrons. The number of aryl methyl sites for hydroxylation is 1. The smallest absolute Gasteiger partial charge is 0.341 e.